The number of hydrogen-bond acceptors (Lipinski definition) is 5. The Morgan fingerprint density at radius 3 is 2.26 bits per heavy atom. The van der Waals surface area contributed by atoms with E-state index in [4.69, 9.17) is 49.1 Å². The molecule has 142 valence electrons. The Morgan fingerprint density at radius 2 is 1.68 bits per heavy atom. The highest BCUT2D eigenvalue weighted by Gasteiger charge is 2.30. The number of aromatic hydroxyl groups is 1. The summed E-state index contributed by atoms with van der Waals surface area (Å²) < 4.78 is 5.78. The summed E-state index contributed by atoms with van der Waals surface area (Å²) in [4.78, 5) is 27.4. The van der Waals surface area contributed by atoms with Crippen molar-refractivity contribution >= 4 is 78.3 Å². The molecule has 2 aromatic carbocycles. The SMILES string of the molecule is [B]c1cc([B])c(Oc2ccc3c(O)c(C(=O)NC([B])([B])C(=O)O)nc(C)c3c2)c([B])c1. The fourth-order valence-electron chi connectivity index (χ4n) is 2.89. The number of carboxylic acids is 1. The van der Waals surface area contributed by atoms with Crippen LogP contribution in [0.5, 0.6) is 17.2 Å². The van der Waals surface area contributed by atoms with E-state index in [0.717, 1.165) is 0 Å². The van der Waals surface area contributed by atoms with Crippen molar-refractivity contribution in [3.8, 4) is 17.2 Å². The molecule has 0 aliphatic carbocycles. The summed E-state index contributed by atoms with van der Waals surface area (Å²) in [5.41, 5.74) is 0.780. The first-order valence-corrected chi connectivity index (χ1v) is 8.80. The van der Waals surface area contributed by atoms with Gasteiger partial charge in [0.1, 0.15) is 50.7 Å². The number of rotatable bonds is 5. The fraction of sp³-hybridized carbons (Fsp3) is 0.105. The number of pyridine rings is 1. The van der Waals surface area contributed by atoms with Crippen LogP contribution >= 0.6 is 0 Å². The Balaban J connectivity index is 2.01. The molecule has 0 spiro atoms. The number of hydrogen-bond donors (Lipinski definition) is 3. The van der Waals surface area contributed by atoms with Gasteiger partial charge < -0.3 is 20.3 Å². The van der Waals surface area contributed by atoms with Gasteiger partial charge in [0.05, 0.1) is 5.34 Å². The van der Waals surface area contributed by atoms with Gasteiger partial charge >= 0.3 is 5.97 Å². The van der Waals surface area contributed by atoms with Crippen molar-refractivity contribution in [1.29, 1.82) is 0 Å². The summed E-state index contributed by atoms with van der Waals surface area (Å²) >= 11 is 0. The van der Waals surface area contributed by atoms with Crippen LogP contribution in [0, 0.1) is 6.92 Å². The zero-order chi connectivity index (χ0) is 23.1. The molecule has 0 atom stereocenters. The number of carbonyl (C=O) groups is 2. The van der Waals surface area contributed by atoms with Crippen molar-refractivity contribution in [3.63, 3.8) is 0 Å². The minimum absolute atomic E-state index is 0.218. The van der Waals surface area contributed by atoms with Crippen molar-refractivity contribution in [2.75, 3.05) is 0 Å². The standard InChI is InChI=1S/C19H11B5N2O5/c1-7-11-6-9(31-16-12(21)4-8(20)5-13(16)22)2-3-10(11)15(27)14(25-7)17(28)26-19(23,24)18(29)30/h2-6,27H,1H3,(H,26,28)(H,29,30). The van der Waals surface area contributed by atoms with Crippen molar-refractivity contribution in [2.45, 2.75) is 12.3 Å². The van der Waals surface area contributed by atoms with Gasteiger partial charge in [-0.15, -0.1) is 0 Å². The van der Waals surface area contributed by atoms with E-state index in [0.29, 0.717) is 22.3 Å². The number of benzene rings is 2. The number of aryl methyl sites for hydroxylation is 1. The van der Waals surface area contributed by atoms with Crippen molar-refractivity contribution < 1.29 is 24.5 Å². The van der Waals surface area contributed by atoms with E-state index >= 15 is 0 Å². The summed E-state index contributed by atoms with van der Waals surface area (Å²) in [6.45, 7) is 1.59. The molecule has 0 aliphatic rings. The molecular formula is C19H11B5N2O5. The molecule has 0 unspecified atom stereocenters. The van der Waals surface area contributed by atoms with Gasteiger partial charge in [0, 0.05) is 16.5 Å². The minimum Gasteiger partial charge on any atom is -0.505 e. The van der Waals surface area contributed by atoms with E-state index in [1.165, 1.54) is 24.3 Å². The number of nitrogens with zero attached hydrogens (tertiary/aromatic N) is 1. The molecule has 0 fully saturated rings. The van der Waals surface area contributed by atoms with Crippen molar-refractivity contribution in [2.24, 2.45) is 0 Å². The topological polar surface area (TPSA) is 109 Å². The molecule has 0 bridgehead atoms. The van der Waals surface area contributed by atoms with E-state index in [2.05, 4.69) is 4.98 Å². The van der Waals surface area contributed by atoms with Crippen LogP contribution in [-0.2, 0) is 4.79 Å². The van der Waals surface area contributed by atoms with Crippen LogP contribution in [0.4, 0.5) is 0 Å². The van der Waals surface area contributed by atoms with Crippen LogP contribution in [0.15, 0.2) is 30.3 Å². The first-order valence-electron chi connectivity index (χ1n) is 8.80. The molecule has 1 amide bonds. The van der Waals surface area contributed by atoms with E-state index in [1.54, 1.807) is 13.0 Å². The van der Waals surface area contributed by atoms with Crippen molar-refractivity contribution in [1.82, 2.24) is 10.3 Å². The monoisotopic (exact) mass is 402 g/mol. The average Bonchev–Trinajstić information content (AvgIpc) is 2.66. The maximum atomic E-state index is 12.4. The van der Waals surface area contributed by atoms with E-state index in [-0.39, 0.29) is 22.1 Å². The van der Waals surface area contributed by atoms with Gasteiger partial charge in [-0.3, -0.25) is 9.59 Å². The minimum atomic E-state index is -2.54. The maximum absolute atomic E-state index is 12.4. The quantitative estimate of drug-likeness (QED) is 0.437. The Labute approximate surface area is 184 Å². The van der Waals surface area contributed by atoms with E-state index in [1.807, 2.05) is 5.32 Å². The normalized spacial score (nSPS) is 11.3. The molecule has 10 radical (unpaired) electrons. The van der Waals surface area contributed by atoms with Crippen LogP contribution in [0.3, 0.4) is 0 Å². The highest BCUT2D eigenvalue weighted by Crippen LogP contribution is 2.33. The molecule has 3 rings (SSSR count). The number of amides is 1. The Hall–Kier alpha value is -3.29. The molecule has 0 saturated carbocycles. The smallest absolute Gasteiger partial charge is 0.310 e. The van der Waals surface area contributed by atoms with E-state index < -0.39 is 28.7 Å². The van der Waals surface area contributed by atoms with Crippen LogP contribution in [0.25, 0.3) is 10.8 Å². The maximum Gasteiger partial charge on any atom is 0.310 e. The molecule has 7 nitrogen and oxygen atoms in total. The molecule has 1 aromatic heterocycles. The molecule has 0 aliphatic heterocycles. The lowest BCUT2D eigenvalue weighted by Crippen LogP contribution is -2.55. The number of fused-ring (bicyclic) bond motifs is 1. The number of carboxylic acid groups (broad SMARTS) is 1. The van der Waals surface area contributed by atoms with Crippen LogP contribution in [0.1, 0.15) is 16.2 Å². The average molecular weight is 401 g/mol. The Bertz CT molecular complexity index is 1210. The number of aromatic nitrogens is 1. The lowest BCUT2D eigenvalue weighted by molar-refractivity contribution is -0.138. The largest absolute Gasteiger partial charge is 0.505 e. The summed E-state index contributed by atoms with van der Waals surface area (Å²) in [5, 5.41) is 19.6. The first kappa shape index (κ1) is 22.4. The van der Waals surface area contributed by atoms with Gasteiger partial charge in [0.25, 0.3) is 5.91 Å². The summed E-state index contributed by atoms with van der Waals surface area (Å²) in [6.07, 6.45) is 0. The third kappa shape index (κ3) is 4.43. The molecular weight excluding hydrogens is 390 g/mol. The molecule has 0 saturated heterocycles. The predicted molar refractivity (Wildman–Crippen MR) is 120 cm³/mol. The summed E-state index contributed by atoms with van der Waals surface area (Å²) in [5.74, 6) is -2.66. The zero-order valence-corrected chi connectivity index (χ0v) is 16.3. The van der Waals surface area contributed by atoms with Crippen LogP contribution in [-0.4, -0.2) is 71.6 Å². The van der Waals surface area contributed by atoms with Gasteiger partial charge in [0.2, 0.25) is 0 Å². The van der Waals surface area contributed by atoms with Gasteiger partial charge in [-0.05, 0) is 25.1 Å². The van der Waals surface area contributed by atoms with Crippen LogP contribution in [0.2, 0.25) is 0 Å². The predicted octanol–water partition coefficient (Wildman–Crippen LogP) is -1.77. The third-order valence-electron chi connectivity index (χ3n) is 4.42. The second-order valence-corrected chi connectivity index (χ2v) is 6.86. The Morgan fingerprint density at radius 1 is 1.06 bits per heavy atom. The van der Waals surface area contributed by atoms with Crippen molar-refractivity contribution in [3.05, 3.63) is 41.7 Å². The molecule has 3 aromatic rings. The van der Waals surface area contributed by atoms with Gasteiger partial charge in [-0.1, -0.05) is 28.5 Å². The zero-order valence-electron chi connectivity index (χ0n) is 16.3. The number of carbonyl (C=O) groups excluding carboxylic acids is 1. The number of aliphatic carboxylic acids is 1. The third-order valence-corrected chi connectivity index (χ3v) is 4.42. The second-order valence-electron chi connectivity index (χ2n) is 6.86. The molecule has 12 heteroatoms. The molecule has 1 heterocycles. The van der Waals surface area contributed by atoms with Crippen LogP contribution < -0.4 is 26.4 Å². The summed E-state index contributed by atoms with van der Waals surface area (Å²) in [6, 6.07) is 7.59. The second kappa shape index (κ2) is 8.09. The number of ether oxygens (including phenoxy) is 1. The highest BCUT2D eigenvalue weighted by atomic mass is 16.5. The first-order chi connectivity index (χ1) is 14.4. The highest BCUT2D eigenvalue weighted by molar-refractivity contribution is 6.51. The molecule has 3 N–H and O–H groups in total. The summed E-state index contributed by atoms with van der Waals surface area (Å²) in [7, 11) is 28.2. The van der Waals surface area contributed by atoms with Gasteiger partial charge in [-0.2, -0.15) is 0 Å². The van der Waals surface area contributed by atoms with E-state index in [9.17, 15) is 14.7 Å². The Kier molecular flexibility index (Phi) is 5.85. The molecule has 31 heavy (non-hydrogen) atoms. The lowest BCUT2D eigenvalue weighted by atomic mass is 9.62. The fourth-order valence-corrected chi connectivity index (χ4v) is 2.89. The van der Waals surface area contributed by atoms with Gasteiger partial charge in [-0.25, -0.2) is 4.98 Å². The number of nitrogens with one attached hydrogen (secondary N) is 1. The van der Waals surface area contributed by atoms with Gasteiger partial charge in [0.15, 0.2) is 11.4 Å². The lowest BCUT2D eigenvalue weighted by Gasteiger charge is -2.22.